The molecule has 3 rings (SSSR count). The van der Waals surface area contributed by atoms with Gasteiger partial charge in [-0.3, -0.25) is 9.59 Å². The first kappa shape index (κ1) is 17.2. The molecule has 2 aromatic rings. The lowest BCUT2D eigenvalue weighted by Crippen LogP contribution is -2.28. The molecular formula is C19H24N4O2. The van der Waals surface area contributed by atoms with Crippen molar-refractivity contribution in [2.24, 2.45) is 0 Å². The van der Waals surface area contributed by atoms with Crippen molar-refractivity contribution in [2.75, 3.05) is 18.5 Å². The molecule has 25 heavy (non-hydrogen) atoms. The number of anilines is 1. The van der Waals surface area contributed by atoms with Crippen molar-refractivity contribution in [1.29, 1.82) is 0 Å². The first-order valence-corrected chi connectivity index (χ1v) is 8.84. The summed E-state index contributed by atoms with van der Waals surface area (Å²) in [5.41, 5.74) is 2.08. The van der Waals surface area contributed by atoms with Crippen molar-refractivity contribution in [3.63, 3.8) is 0 Å². The summed E-state index contributed by atoms with van der Waals surface area (Å²) in [5, 5.41) is 2.86. The molecule has 6 nitrogen and oxygen atoms in total. The second kappa shape index (κ2) is 7.51. The molecule has 1 aromatic carbocycles. The van der Waals surface area contributed by atoms with Gasteiger partial charge in [0.2, 0.25) is 0 Å². The molecule has 0 saturated carbocycles. The van der Waals surface area contributed by atoms with Crippen LogP contribution in [-0.2, 0) is 13.0 Å². The standard InChI is InChI=1S/C19H24N4O2/c1-3-12-20-18(24)17-21-16(15-11-7-8-13-23(15)17)19(25)22(2)14-9-5-4-6-10-14/h4-6,9-10H,3,7-8,11-13H2,1-2H3,(H,20,24). The van der Waals surface area contributed by atoms with E-state index in [-0.39, 0.29) is 11.8 Å². The van der Waals surface area contributed by atoms with Gasteiger partial charge in [0.1, 0.15) is 0 Å². The summed E-state index contributed by atoms with van der Waals surface area (Å²) in [6.45, 7) is 3.35. The largest absolute Gasteiger partial charge is 0.349 e. The van der Waals surface area contributed by atoms with Gasteiger partial charge < -0.3 is 14.8 Å². The van der Waals surface area contributed by atoms with E-state index in [0.29, 0.717) is 18.1 Å². The average Bonchev–Trinajstić information content (AvgIpc) is 3.05. The molecule has 6 heteroatoms. The molecule has 2 amide bonds. The predicted molar refractivity (Wildman–Crippen MR) is 97.0 cm³/mol. The van der Waals surface area contributed by atoms with Crippen LogP contribution in [0.15, 0.2) is 30.3 Å². The zero-order valence-corrected chi connectivity index (χ0v) is 14.8. The molecule has 1 aliphatic heterocycles. The summed E-state index contributed by atoms with van der Waals surface area (Å²) in [7, 11) is 1.74. The highest BCUT2D eigenvalue weighted by Gasteiger charge is 2.29. The SMILES string of the molecule is CCCNC(=O)c1nc(C(=O)N(C)c2ccccc2)c2n1CCCC2. The highest BCUT2D eigenvalue weighted by molar-refractivity contribution is 6.06. The van der Waals surface area contributed by atoms with Gasteiger partial charge in [-0.25, -0.2) is 4.98 Å². The Bertz CT molecular complexity index is 767. The van der Waals surface area contributed by atoms with E-state index in [9.17, 15) is 9.59 Å². The van der Waals surface area contributed by atoms with Crippen molar-refractivity contribution < 1.29 is 9.59 Å². The van der Waals surface area contributed by atoms with Gasteiger partial charge in [0, 0.05) is 25.8 Å². The third-order valence-electron chi connectivity index (χ3n) is 4.51. The molecule has 1 aromatic heterocycles. The fraction of sp³-hybridized carbons (Fsp3) is 0.421. The lowest BCUT2D eigenvalue weighted by Gasteiger charge is -2.19. The van der Waals surface area contributed by atoms with Gasteiger partial charge in [-0.15, -0.1) is 0 Å². The Morgan fingerprint density at radius 2 is 2.00 bits per heavy atom. The van der Waals surface area contributed by atoms with Crippen molar-refractivity contribution in [1.82, 2.24) is 14.9 Å². The van der Waals surface area contributed by atoms with Crippen molar-refractivity contribution in [3.05, 3.63) is 47.5 Å². The fourth-order valence-electron chi connectivity index (χ4n) is 3.13. The molecule has 132 valence electrons. The van der Waals surface area contributed by atoms with Crippen LogP contribution in [0.25, 0.3) is 0 Å². The topological polar surface area (TPSA) is 67.2 Å². The minimum Gasteiger partial charge on any atom is -0.349 e. The van der Waals surface area contributed by atoms with Gasteiger partial charge in [-0.2, -0.15) is 0 Å². The lowest BCUT2D eigenvalue weighted by atomic mass is 10.1. The summed E-state index contributed by atoms with van der Waals surface area (Å²) in [5.74, 6) is -0.0224. The van der Waals surface area contributed by atoms with Crippen molar-refractivity contribution >= 4 is 17.5 Å². The number of nitrogens with one attached hydrogen (secondary N) is 1. The number of fused-ring (bicyclic) bond motifs is 1. The van der Waals surface area contributed by atoms with Gasteiger partial charge in [-0.1, -0.05) is 25.1 Å². The highest BCUT2D eigenvalue weighted by Crippen LogP contribution is 2.23. The van der Waals surface area contributed by atoms with Crippen molar-refractivity contribution in [2.45, 2.75) is 39.2 Å². The van der Waals surface area contributed by atoms with Gasteiger partial charge in [0.15, 0.2) is 11.5 Å². The molecule has 2 heterocycles. The van der Waals surface area contributed by atoms with E-state index >= 15 is 0 Å². The molecule has 0 bridgehead atoms. The Morgan fingerprint density at radius 3 is 2.72 bits per heavy atom. The molecule has 0 spiro atoms. The fourth-order valence-corrected chi connectivity index (χ4v) is 3.13. The maximum Gasteiger partial charge on any atom is 0.287 e. The normalized spacial score (nSPS) is 13.2. The summed E-state index contributed by atoms with van der Waals surface area (Å²) < 4.78 is 1.92. The maximum absolute atomic E-state index is 13.0. The van der Waals surface area contributed by atoms with Crippen molar-refractivity contribution in [3.8, 4) is 0 Å². The molecule has 0 atom stereocenters. The van der Waals surface area contributed by atoms with Gasteiger partial charge in [0.05, 0.1) is 5.69 Å². The number of aromatic nitrogens is 2. The molecule has 0 saturated heterocycles. The number of hydrogen-bond donors (Lipinski definition) is 1. The Labute approximate surface area is 147 Å². The predicted octanol–water partition coefficient (Wildman–Crippen LogP) is 2.64. The minimum absolute atomic E-state index is 0.175. The molecule has 1 aliphatic rings. The number of nitrogens with zero attached hydrogens (tertiary/aromatic N) is 3. The van der Waals surface area contributed by atoms with Gasteiger partial charge in [-0.05, 0) is 37.8 Å². The van der Waals surface area contributed by atoms with Crippen LogP contribution >= 0.6 is 0 Å². The van der Waals surface area contributed by atoms with Crippen LogP contribution in [-0.4, -0.2) is 35.0 Å². The van der Waals surface area contributed by atoms with E-state index in [0.717, 1.165) is 43.6 Å². The number of hydrogen-bond acceptors (Lipinski definition) is 3. The number of carbonyl (C=O) groups excluding carboxylic acids is 2. The smallest absolute Gasteiger partial charge is 0.287 e. The molecule has 0 fully saturated rings. The highest BCUT2D eigenvalue weighted by atomic mass is 16.2. The van der Waals surface area contributed by atoms with E-state index in [1.807, 2.05) is 41.8 Å². The van der Waals surface area contributed by atoms with Crippen LogP contribution in [0.4, 0.5) is 5.69 Å². The molecule has 0 radical (unpaired) electrons. The van der Waals surface area contributed by atoms with E-state index in [2.05, 4.69) is 10.3 Å². The number of amides is 2. The summed E-state index contributed by atoms with van der Waals surface area (Å²) in [6, 6.07) is 9.47. The number of benzene rings is 1. The first-order valence-electron chi connectivity index (χ1n) is 8.84. The lowest BCUT2D eigenvalue weighted by molar-refractivity contribution is 0.0937. The second-order valence-electron chi connectivity index (χ2n) is 6.30. The molecular weight excluding hydrogens is 316 g/mol. The number of rotatable bonds is 5. The summed E-state index contributed by atoms with van der Waals surface area (Å²) in [6.07, 6.45) is 3.65. The third-order valence-corrected chi connectivity index (χ3v) is 4.51. The minimum atomic E-state index is -0.202. The molecule has 0 unspecified atom stereocenters. The van der Waals surface area contributed by atoms with Crippen LogP contribution in [0.2, 0.25) is 0 Å². The summed E-state index contributed by atoms with van der Waals surface area (Å²) >= 11 is 0. The molecule has 1 N–H and O–H groups in total. The van der Waals surface area contributed by atoms with Gasteiger partial charge >= 0.3 is 0 Å². The quantitative estimate of drug-likeness (QED) is 0.910. The van der Waals surface area contributed by atoms with Gasteiger partial charge in [0.25, 0.3) is 11.8 Å². The Hall–Kier alpha value is -2.63. The molecule has 0 aliphatic carbocycles. The Kier molecular flexibility index (Phi) is 5.16. The monoisotopic (exact) mass is 340 g/mol. The maximum atomic E-state index is 13.0. The van der Waals surface area contributed by atoms with Crippen LogP contribution in [0.3, 0.4) is 0 Å². The second-order valence-corrected chi connectivity index (χ2v) is 6.30. The third kappa shape index (κ3) is 3.43. The van der Waals surface area contributed by atoms with E-state index in [1.165, 1.54) is 0 Å². The Balaban J connectivity index is 1.94. The first-order chi connectivity index (χ1) is 12.1. The summed E-state index contributed by atoms with van der Waals surface area (Å²) in [4.78, 5) is 31.5. The number of carbonyl (C=O) groups is 2. The number of para-hydroxylation sites is 1. The average molecular weight is 340 g/mol. The Morgan fingerprint density at radius 1 is 1.24 bits per heavy atom. The zero-order chi connectivity index (χ0) is 17.8. The van der Waals surface area contributed by atoms with E-state index in [1.54, 1.807) is 11.9 Å². The van der Waals surface area contributed by atoms with E-state index in [4.69, 9.17) is 0 Å². The van der Waals surface area contributed by atoms with Crippen LogP contribution < -0.4 is 10.2 Å². The zero-order valence-electron chi connectivity index (χ0n) is 14.8. The van der Waals surface area contributed by atoms with Crippen LogP contribution in [0, 0.1) is 0 Å². The van der Waals surface area contributed by atoms with Crippen LogP contribution in [0.5, 0.6) is 0 Å². The number of imidazole rings is 1. The van der Waals surface area contributed by atoms with Crippen LogP contribution in [0.1, 0.15) is 53.0 Å². The van der Waals surface area contributed by atoms with E-state index < -0.39 is 0 Å².